The SMILES string of the molecule is O=C(O)C1=Cc2ccccc2OC1(Cc1ccccc1)C(F)(F)F. The highest BCUT2D eigenvalue weighted by Crippen LogP contribution is 2.47. The van der Waals surface area contributed by atoms with Crippen LogP contribution in [-0.2, 0) is 11.2 Å². The molecule has 0 saturated heterocycles. The molecule has 0 saturated carbocycles. The lowest BCUT2D eigenvalue weighted by Gasteiger charge is -2.39. The summed E-state index contributed by atoms with van der Waals surface area (Å²) in [5.74, 6) is -1.64. The quantitative estimate of drug-likeness (QED) is 0.920. The minimum atomic E-state index is -4.90. The molecule has 3 rings (SSSR count). The van der Waals surface area contributed by atoms with Gasteiger partial charge in [0.15, 0.2) is 0 Å². The molecule has 1 atom stereocenters. The van der Waals surface area contributed by atoms with Crippen LogP contribution in [0.4, 0.5) is 13.2 Å². The van der Waals surface area contributed by atoms with Crippen LogP contribution >= 0.6 is 0 Å². The Balaban J connectivity index is 2.19. The highest BCUT2D eigenvalue weighted by molar-refractivity contribution is 5.96. The van der Waals surface area contributed by atoms with Gasteiger partial charge in [-0.3, -0.25) is 0 Å². The first kappa shape index (κ1) is 16.1. The lowest BCUT2D eigenvalue weighted by molar-refractivity contribution is -0.235. The van der Waals surface area contributed by atoms with Crippen molar-refractivity contribution in [2.75, 3.05) is 0 Å². The van der Waals surface area contributed by atoms with E-state index < -0.39 is 29.7 Å². The molecule has 124 valence electrons. The van der Waals surface area contributed by atoms with Crippen molar-refractivity contribution in [3.63, 3.8) is 0 Å². The first-order chi connectivity index (χ1) is 11.3. The molecular weight excluding hydrogens is 321 g/mol. The Labute approximate surface area is 136 Å². The van der Waals surface area contributed by atoms with Crippen molar-refractivity contribution in [1.82, 2.24) is 0 Å². The minimum Gasteiger partial charge on any atom is -0.478 e. The van der Waals surface area contributed by atoms with Crippen molar-refractivity contribution in [3.05, 3.63) is 71.3 Å². The predicted molar refractivity (Wildman–Crippen MR) is 81.6 cm³/mol. The van der Waals surface area contributed by atoms with Crippen LogP contribution in [0.25, 0.3) is 6.08 Å². The number of aliphatic carboxylic acids is 1. The molecule has 6 heteroatoms. The van der Waals surface area contributed by atoms with E-state index in [4.69, 9.17) is 4.74 Å². The molecule has 0 aliphatic carbocycles. The largest absolute Gasteiger partial charge is 0.478 e. The summed E-state index contributed by atoms with van der Waals surface area (Å²) >= 11 is 0. The highest BCUT2D eigenvalue weighted by atomic mass is 19.4. The topological polar surface area (TPSA) is 46.5 Å². The van der Waals surface area contributed by atoms with E-state index in [0.717, 1.165) is 6.08 Å². The third-order valence-corrected chi connectivity index (χ3v) is 3.92. The molecule has 2 aromatic carbocycles. The van der Waals surface area contributed by atoms with Gasteiger partial charge in [0.2, 0.25) is 5.60 Å². The Kier molecular flexibility index (Phi) is 3.83. The van der Waals surface area contributed by atoms with Crippen LogP contribution in [0.1, 0.15) is 11.1 Å². The fraction of sp³-hybridized carbons (Fsp3) is 0.167. The molecule has 0 bridgehead atoms. The molecule has 1 aliphatic rings. The summed E-state index contributed by atoms with van der Waals surface area (Å²) in [5, 5.41) is 9.39. The van der Waals surface area contributed by atoms with Gasteiger partial charge in [0.1, 0.15) is 5.75 Å². The maximum Gasteiger partial charge on any atom is 0.433 e. The number of carbonyl (C=O) groups is 1. The summed E-state index contributed by atoms with van der Waals surface area (Å²) in [7, 11) is 0. The monoisotopic (exact) mass is 334 g/mol. The van der Waals surface area contributed by atoms with Crippen LogP contribution in [0.3, 0.4) is 0 Å². The normalized spacial score (nSPS) is 19.9. The third kappa shape index (κ3) is 2.64. The lowest BCUT2D eigenvalue weighted by atomic mass is 9.82. The van der Waals surface area contributed by atoms with Gasteiger partial charge in [0, 0.05) is 12.0 Å². The van der Waals surface area contributed by atoms with Crippen LogP contribution < -0.4 is 4.74 Å². The van der Waals surface area contributed by atoms with Gasteiger partial charge in [-0.25, -0.2) is 4.79 Å². The molecule has 24 heavy (non-hydrogen) atoms. The second-order valence-electron chi connectivity index (χ2n) is 5.49. The predicted octanol–water partition coefficient (Wildman–Crippen LogP) is 4.09. The number of alkyl halides is 3. The summed E-state index contributed by atoms with van der Waals surface area (Å²) in [5.41, 5.74) is -3.11. The van der Waals surface area contributed by atoms with Gasteiger partial charge < -0.3 is 9.84 Å². The van der Waals surface area contributed by atoms with Crippen molar-refractivity contribution in [3.8, 4) is 5.75 Å². The average molecular weight is 334 g/mol. The second-order valence-corrected chi connectivity index (χ2v) is 5.49. The van der Waals surface area contributed by atoms with Crippen molar-refractivity contribution in [1.29, 1.82) is 0 Å². The van der Waals surface area contributed by atoms with E-state index in [-0.39, 0.29) is 5.75 Å². The fourth-order valence-electron chi connectivity index (χ4n) is 2.77. The number of hydrogen-bond acceptors (Lipinski definition) is 2. The number of carboxylic acid groups (broad SMARTS) is 1. The molecule has 0 fully saturated rings. The molecule has 0 spiro atoms. The Bertz CT molecular complexity index is 797. The number of para-hydroxylation sites is 1. The Morgan fingerprint density at radius 1 is 1.04 bits per heavy atom. The van der Waals surface area contributed by atoms with Crippen molar-refractivity contribution < 1.29 is 27.8 Å². The molecular formula is C18H13F3O3. The minimum absolute atomic E-state index is 0.00996. The molecule has 2 aromatic rings. The first-order valence-corrected chi connectivity index (χ1v) is 7.18. The van der Waals surface area contributed by atoms with Crippen LogP contribution in [0.5, 0.6) is 5.75 Å². The summed E-state index contributed by atoms with van der Waals surface area (Å²) in [6, 6.07) is 14.0. The number of carboxylic acids is 1. The van der Waals surface area contributed by atoms with Crippen LogP contribution in [0.15, 0.2) is 60.2 Å². The van der Waals surface area contributed by atoms with Gasteiger partial charge in [-0.15, -0.1) is 0 Å². The second kappa shape index (κ2) is 5.70. The van der Waals surface area contributed by atoms with Gasteiger partial charge in [0.05, 0.1) is 5.57 Å². The molecule has 1 unspecified atom stereocenters. The van der Waals surface area contributed by atoms with E-state index in [1.807, 2.05) is 0 Å². The van der Waals surface area contributed by atoms with E-state index >= 15 is 0 Å². The van der Waals surface area contributed by atoms with Gasteiger partial charge in [-0.2, -0.15) is 13.2 Å². The summed E-state index contributed by atoms with van der Waals surface area (Å²) in [6.07, 6.45) is -4.48. The van der Waals surface area contributed by atoms with E-state index in [0.29, 0.717) is 11.1 Å². The smallest absolute Gasteiger partial charge is 0.433 e. The standard InChI is InChI=1S/C18H13F3O3/c19-18(20,21)17(11-12-6-2-1-3-7-12)14(16(22)23)10-13-8-4-5-9-15(13)24-17/h1-10H,11H2,(H,22,23). The summed E-state index contributed by atoms with van der Waals surface area (Å²) in [4.78, 5) is 11.6. The molecule has 1 N–H and O–H groups in total. The molecule has 1 heterocycles. The fourth-order valence-corrected chi connectivity index (χ4v) is 2.77. The maximum atomic E-state index is 14.0. The average Bonchev–Trinajstić information content (AvgIpc) is 2.54. The van der Waals surface area contributed by atoms with E-state index in [1.165, 1.54) is 24.3 Å². The van der Waals surface area contributed by atoms with Crippen LogP contribution in [0, 0.1) is 0 Å². The van der Waals surface area contributed by atoms with Crippen LogP contribution in [0.2, 0.25) is 0 Å². The van der Waals surface area contributed by atoms with Crippen molar-refractivity contribution in [2.45, 2.75) is 18.2 Å². The third-order valence-electron chi connectivity index (χ3n) is 3.92. The van der Waals surface area contributed by atoms with E-state index in [2.05, 4.69) is 0 Å². The van der Waals surface area contributed by atoms with Gasteiger partial charge in [-0.05, 0) is 17.7 Å². The Hall–Kier alpha value is -2.76. The molecule has 0 amide bonds. The van der Waals surface area contributed by atoms with E-state index in [1.54, 1.807) is 30.3 Å². The molecule has 3 nitrogen and oxygen atoms in total. The number of ether oxygens (including phenoxy) is 1. The zero-order valence-corrected chi connectivity index (χ0v) is 12.4. The van der Waals surface area contributed by atoms with Crippen molar-refractivity contribution >= 4 is 12.0 Å². The number of rotatable bonds is 3. The van der Waals surface area contributed by atoms with Crippen LogP contribution in [-0.4, -0.2) is 22.9 Å². The first-order valence-electron chi connectivity index (χ1n) is 7.18. The molecule has 0 aromatic heterocycles. The van der Waals surface area contributed by atoms with Crippen molar-refractivity contribution in [2.24, 2.45) is 0 Å². The van der Waals surface area contributed by atoms with Gasteiger partial charge in [-0.1, -0.05) is 48.5 Å². The highest BCUT2D eigenvalue weighted by Gasteiger charge is 2.62. The number of hydrogen-bond donors (Lipinski definition) is 1. The summed E-state index contributed by atoms with van der Waals surface area (Å²) < 4.78 is 47.2. The zero-order valence-electron chi connectivity index (χ0n) is 12.4. The number of fused-ring (bicyclic) bond motifs is 1. The van der Waals surface area contributed by atoms with E-state index in [9.17, 15) is 23.1 Å². The maximum absolute atomic E-state index is 14.0. The molecule has 0 radical (unpaired) electrons. The van der Waals surface area contributed by atoms with Gasteiger partial charge >= 0.3 is 12.1 Å². The summed E-state index contributed by atoms with van der Waals surface area (Å²) in [6.45, 7) is 0. The zero-order chi connectivity index (χ0) is 17.4. The lowest BCUT2D eigenvalue weighted by Crippen LogP contribution is -2.56. The Morgan fingerprint density at radius 2 is 1.67 bits per heavy atom. The number of benzene rings is 2. The number of halogens is 3. The Morgan fingerprint density at radius 3 is 2.29 bits per heavy atom. The van der Waals surface area contributed by atoms with Gasteiger partial charge in [0.25, 0.3) is 0 Å². The molecule has 1 aliphatic heterocycles.